The smallest absolute Gasteiger partial charge is 0.387 e. The lowest BCUT2D eigenvalue weighted by Crippen LogP contribution is -2.31. The number of benzene rings is 1. The Hall–Kier alpha value is -2.59. The Bertz CT molecular complexity index is 932. The van der Waals surface area contributed by atoms with E-state index in [0.29, 0.717) is 5.03 Å². The van der Waals surface area contributed by atoms with Crippen LogP contribution in [0.1, 0.15) is 10.4 Å². The molecule has 3 aromatic rings. The number of thioether (sulfide) groups is 1. The highest BCUT2D eigenvalue weighted by Gasteiger charge is 2.13. The van der Waals surface area contributed by atoms with Gasteiger partial charge in [0.2, 0.25) is 5.91 Å². The summed E-state index contributed by atoms with van der Waals surface area (Å²) < 4.78 is 28.4. The summed E-state index contributed by atoms with van der Waals surface area (Å²) in [4.78, 5) is 33.1. The molecule has 2 amide bonds. The standard InChI is InChI=1S/C16H11F2N3O3S2/c17-16(18)24-10-3-1-9(2-4-10)13(23)21-12(22)7-26-15-11-5-6-25-14(11)19-8-20-15/h1-6,8,16H,7H2,(H,21,22,23). The first kappa shape index (κ1) is 18.2. The van der Waals surface area contributed by atoms with Crippen molar-refractivity contribution in [3.63, 3.8) is 0 Å². The number of aromatic nitrogens is 2. The van der Waals surface area contributed by atoms with Crippen LogP contribution in [-0.2, 0) is 4.79 Å². The minimum atomic E-state index is -2.94. The van der Waals surface area contributed by atoms with Gasteiger partial charge in [-0.2, -0.15) is 8.78 Å². The van der Waals surface area contributed by atoms with E-state index in [0.717, 1.165) is 10.2 Å². The summed E-state index contributed by atoms with van der Waals surface area (Å²) in [5.41, 5.74) is 0.159. The summed E-state index contributed by atoms with van der Waals surface area (Å²) in [5, 5.41) is 5.64. The average Bonchev–Trinajstić information content (AvgIpc) is 3.09. The Labute approximate surface area is 154 Å². The lowest BCUT2D eigenvalue weighted by atomic mass is 10.2. The predicted octanol–water partition coefficient (Wildman–Crippen LogP) is 3.34. The van der Waals surface area contributed by atoms with Crippen molar-refractivity contribution in [3.05, 3.63) is 47.6 Å². The van der Waals surface area contributed by atoms with E-state index in [1.807, 2.05) is 11.4 Å². The second-order valence-corrected chi connectivity index (χ2v) is 6.75. The maximum absolute atomic E-state index is 12.1. The maximum Gasteiger partial charge on any atom is 0.387 e. The van der Waals surface area contributed by atoms with Crippen LogP contribution in [-0.4, -0.2) is 34.1 Å². The van der Waals surface area contributed by atoms with Crippen molar-refractivity contribution >= 4 is 45.1 Å². The first-order chi connectivity index (χ1) is 12.5. The molecule has 0 aliphatic rings. The maximum atomic E-state index is 12.1. The van der Waals surface area contributed by atoms with Crippen molar-refractivity contribution < 1.29 is 23.1 Å². The van der Waals surface area contributed by atoms with Gasteiger partial charge in [-0.05, 0) is 35.7 Å². The first-order valence-electron chi connectivity index (χ1n) is 7.23. The molecule has 0 bridgehead atoms. The number of hydrogen-bond donors (Lipinski definition) is 1. The molecule has 1 N–H and O–H groups in total. The normalized spacial score (nSPS) is 10.9. The summed E-state index contributed by atoms with van der Waals surface area (Å²) in [6, 6.07) is 6.93. The number of amides is 2. The lowest BCUT2D eigenvalue weighted by Gasteiger charge is -2.06. The Kier molecular flexibility index (Phi) is 5.74. The van der Waals surface area contributed by atoms with E-state index in [2.05, 4.69) is 20.0 Å². The van der Waals surface area contributed by atoms with Crippen molar-refractivity contribution in [1.82, 2.24) is 15.3 Å². The number of hydrogen-bond acceptors (Lipinski definition) is 7. The van der Waals surface area contributed by atoms with Crippen LogP contribution in [0, 0.1) is 0 Å². The van der Waals surface area contributed by atoms with Crippen molar-refractivity contribution in [1.29, 1.82) is 0 Å². The van der Waals surface area contributed by atoms with E-state index in [9.17, 15) is 18.4 Å². The number of fused-ring (bicyclic) bond motifs is 1. The molecule has 0 saturated carbocycles. The number of alkyl halides is 2. The molecular formula is C16H11F2N3O3S2. The van der Waals surface area contributed by atoms with E-state index in [-0.39, 0.29) is 17.1 Å². The van der Waals surface area contributed by atoms with Crippen molar-refractivity contribution in [2.24, 2.45) is 0 Å². The summed E-state index contributed by atoms with van der Waals surface area (Å²) in [6.45, 7) is -2.94. The van der Waals surface area contributed by atoms with Crippen LogP contribution in [0.4, 0.5) is 8.78 Å². The van der Waals surface area contributed by atoms with Gasteiger partial charge in [0.1, 0.15) is 21.9 Å². The van der Waals surface area contributed by atoms with Crippen LogP contribution in [0.15, 0.2) is 47.1 Å². The van der Waals surface area contributed by atoms with Crippen LogP contribution in [0.5, 0.6) is 5.75 Å². The number of nitrogens with zero attached hydrogens (tertiary/aromatic N) is 2. The highest BCUT2D eigenvalue weighted by Crippen LogP contribution is 2.27. The minimum Gasteiger partial charge on any atom is -0.435 e. The molecular weight excluding hydrogens is 384 g/mol. The summed E-state index contributed by atoms with van der Waals surface area (Å²) in [6.07, 6.45) is 1.42. The molecule has 0 aliphatic heterocycles. The number of ether oxygens (including phenoxy) is 1. The van der Waals surface area contributed by atoms with Gasteiger partial charge < -0.3 is 4.74 Å². The second kappa shape index (κ2) is 8.19. The van der Waals surface area contributed by atoms with Crippen LogP contribution in [0.2, 0.25) is 0 Å². The molecule has 2 aromatic heterocycles. The Balaban J connectivity index is 1.56. The third kappa shape index (κ3) is 4.52. The number of carbonyl (C=O) groups excluding carboxylic acids is 2. The van der Waals surface area contributed by atoms with Gasteiger partial charge in [-0.15, -0.1) is 11.3 Å². The van der Waals surface area contributed by atoms with Gasteiger partial charge in [0, 0.05) is 10.9 Å². The van der Waals surface area contributed by atoms with Crippen molar-refractivity contribution in [3.8, 4) is 5.75 Å². The van der Waals surface area contributed by atoms with Gasteiger partial charge in [0.15, 0.2) is 0 Å². The monoisotopic (exact) mass is 395 g/mol. The van der Waals surface area contributed by atoms with Gasteiger partial charge in [0.25, 0.3) is 5.91 Å². The average molecular weight is 395 g/mol. The zero-order valence-electron chi connectivity index (χ0n) is 13.0. The van der Waals surface area contributed by atoms with E-state index >= 15 is 0 Å². The lowest BCUT2D eigenvalue weighted by molar-refractivity contribution is -0.117. The largest absolute Gasteiger partial charge is 0.435 e. The number of imide groups is 1. The van der Waals surface area contributed by atoms with E-state index in [1.165, 1.54) is 53.7 Å². The zero-order chi connectivity index (χ0) is 18.5. The van der Waals surface area contributed by atoms with Crippen molar-refractivity contribution in [2.45, 2.75) is 11.6 Å². The number of rotatable bonds is 6. The molecule has 0 unspecified atom stereocenters. The summed E-state index contributed by atoms with van der Waals surface area (Å²) in [5.74, 6) is -1.18. The number of nitrogens with one attached hydrogen (secondary N) is 1. The van der Waals surface area contributed by atoms with E-state index in [1.54, 1.807) is 0 Å². The van der Waals surface area contributed by atoms with Crippen LogP contribution < -0.4 is 10.1 Å². The van der Waals surface area contributed by atoms with Crippen LogP contribution >= 0.6 is 23.1 Å². The number of thiophene rings is 1. The molecule has 10 heteroatoms. The van der Waals surface area contributed by atoms with Crippen molar-refractivity contribution in [2.75, 3.05) is 5.75 Å². The zero-order valence-corrected chi connectivity index (χ0v) is 14.7. The van der Waals surface area contributed by atoms with Gasteiger partial charge in [-0.3, -0.25) is 14.9 Å². The van der Waals surface area contributed by atoms with Gasteiger partial charge >= 0.3 is 6.61 Å². The molecule has 26 heavy (non-hydrogen) atoms. The highest BCUT2D eigenvalue weighted by molar-refractivity contribution is 8.00. The molecule has 3 rings (SSSR count). The van der Waals surface area contributed by atoms with Gasteiger partial charge in [-0.25, -0.2) is 9.97 Å². The summed E-state index contributed by atoms with van der Waals surface area (Å²) in [7, 11) is 0. The molecule has 134 valence electrons. The second-order valence-electron chi connectivity index (χ2n) is 4.89. The predicted molar refractivity (Wildman–Crippen MR) is 93.7 cm³/mol. The quantitative estimate of drug-likeness (QED) is 0.509. The fraction of sp³-hybridized carbons (Fsp3) is 0.125. The first-order valence-corrected chi connectivity index (χ1v) is 9.09. The van der Waals surface area contributed by atoms with E-state index in [4.69, 9.17) is 0 Å². The Morgan fingerprint density at radius 1 is 1.19 bits per heavy atom. The minimum absolute atomic E-state index is 0.000275. The molecule has 6 nitrogen and oxygen atoms in total. The fourth-order valence-corrected chi connectivity index (χ4v) is 3.62. The molecule has 0 spiro atoms. The third-order valence-corrected chi connectivity index (χ3v) is 4.99. The third-order valence-electron chi connectivity index (χ3n) is 3.16. The highest BCUT2D eigenvalue weighted by atomic mass is 32.2. The summed E-state index contributed by atoms with van der Waals surface area (Å²) >= 11 is 2.67. The Morgan fingerprint density at radius 2 is 1.96 bits per heavy atom. The van der Waals surface area contributed by atoms with E-state index < -0.39 is 18.4 Å². The molecule has 1 aromatic carbocycles. The van der Waals surface area contributed by atoms with Gasteiger partial charge in [0.05, 0.1) is 5.75 Å². The topological polar surface area (TPSA) is 81.2 Å². The molecule has 0 radical (unpaired) electrons. The molecule has 0 saturated heterocycles. The molecule has 0 atom stereocenters. The molecule has 0 fully saturated rings. The van der Waals surface area contributed by atoms with Gasteiger partial charge in [-0.1, -0.05) is 11.8 Å². The Morgan fingerprint density at radius 3 is 2.69 bits per heavy atom. The SMILES string of the molecule is O=C(CSc1ncnc2sccc12)NC(=O)c1ccc(OC(F)F)cc1. The van der Waals surface area contributed by atoms with Crippen LogP contribution in [0.25, 0.3) is 10.2 Å². The fourth-order valence-electron chi connectivity index (χ4n) is 2.04. The number of halogens is 2. The molecule has 0 aliphatic carbocycles. The molecule has 2 heterocycles. The number of carbonyl (C=O) groups is 2. The van der Waals surface area contributed by atoms with Crippen LogP contribution in [0.3, 0.4) is 0 Å².